The van der Waals surface area contributed by atoms with Crippen molar-refractivity contribution in [2.75, 3.05) is 13.1 Å². The van der Waals surface area contributed by atoms with Crippen LogP contribution in [0, 0.1) is 6.92 Å². The normalized spacial score (nSPS) is 20.8. The number of benzene rings is 1. The van der Waals surface area contributed by atoms with Crippen LogP contribution >= 0.6 is 0 Å². The maximum atomic E-state index is 12.3. The third kappa shape index (κ3) is 3.99. The Morgan fingerprint density at radius 1 is 1.40 bits per heavy atom. The van der Waals surface area contributed by atoms with Gasteiger partial charge >= 0.3 is 11.8 Å². The summed E-state index contributed by atoms with van der Waals surface area (Å²) < 4.78 is 11.1. The second-order valence-corrected chi connectivity index (χ2v) is 6.62. The number of amides is 1. The number of β-amino-alcohol motifs (C(OH)–C–C–N with tert-alkyl or cyclic N) is 1. The van der Waals surface area contributed by atoms with E-state index in [0.29, 0.717) is 24.8 Å². The molecule has 0 spiro atoms. The number of aliphatic hydroxyl groups is 1. The SMILES string of the molecule is Cc1nnc(C(=O)N2CC[C@@H](Oc3cccc(C(C)C)c3)[C@H](O)C2)o1. The number of ether oxygens (including phenoxy) is 1. The minimum absolute atomic E-state index is 0.0475. The molecule has 2 atom stereocenters. The standard InChI is InChI=1S/C18H23N3O4/c1-11(2)13-5-4-6-14(9-13)25-16-7-8-21(10-15(16)22)18(23)17-20-19-12(3)24-17/h4-6,9,11,15-16,22H,7-8,10H2,1-3H3/t15-,16-/m1/s1. The summed E-state index contributed by atoms with van der Waals surface area (Å²) in [6, 6.07) is 7.89. The van der Waals surface area contributed by atoms with Gasteiger partial charge in [-0.05, 0) is 23.6 Å². The van der Waals surface area contributed by atoms with E-state index in [4.69, 9.17) is 9.15 Å². The summed E-state index contributed by atoms with van der Waals surface area (Å²) in [5.41, 5.74) is 1.19. The van der Waals surface area contributed by atoms with Crippen LogP contribution in [0.1, 0.15) is 48.3 Å². The highest BCUT2D eigenvalue weighted by Gasteiger charge is 2.33. The van der Waals surface area contributed by atoms with Crippen LogP contribution in [0.2, 0.25) is 0 Å². The van der Waals surface area contributed by atoms with Crippen molar-refractivity contribution < 1.29 is 19.1 Å². The Balaban J connectivity index is 1.62. The molecule has 1 aromatic carbocycles. The number of carbonyl (C=O) groups is 1. The first kappa shape index (κ1) is 17.4. The van der Waals surface area contributed by atoms with Crippen molar-refractivity contribution in [3.05, 3.63) is 41.6 Å². The van der Waals surface area contributed by atoms with E-state index in [0.717, 1.165) is 5.75 Å². The first-order valence-corrected chi connectivity index (χ1v) is 8.48. The van der Waals surface area contributed by atoms with Gasteiger partial charge in [0.25, 0.3) is 0 Å². The van der Waals surface area contributed by atoms with E-state index in [1.807, 2.05) is 18.2 Å². The summed E-state index contributed by atoms with van der Waals surface area (Å²) in [5, 5.41) is 17.8. The number of aliphatic hydroxyl groups excluding tert-OH is 1. The third-order valence-electron chi connectivity index (χ3n) is 4.33. The molecule has 2 heterocycles. The van der Waals surface area contributed by atoms with Crippen molar-refractivity contribution in [1.29, 1.82) is 0 Å². The largest absolute Gasteiger partial charge is 0.488 e. The van der Waals surface area contributed by atoms with E-state index < -0.39 is 6.10 Å². The Bertz CT molecular complexity index is 743. The molecule has 1 saturated heterocycles. The molecule has 25 heavy (non-hydrogen) atoms. The van der Waals surface area contributed by atoms with Crippen LogP contribution in [0.3, 0.4) is 0 Å². The van der Waals surface area contributed by atoms with Gasteiger partial charge < -0.3 is 19.2 Å². The van der Waals surface area contributed by atoms with E-state index in [2.05, 4.69) is 30.1 Å². The average molecular weight is 345 g/mol. The van der Waals surface area contributed by atoms with E-state index in [1.54, 1.807) is 6.92 Å². The molecule has 1 N–H and O–H groups in total. The molecule has 1 amide bonds. The number of likely N-dealkylation sites (tertiary alicyclic amines) is 1. The van der Waals surface area contributed by atoms with Crippen molar-refractivity contribution >= 4 is 5.91 Å². The number of piperidine rings is 1. The smallest absolute Gasteiger partial charge is 0.311 e. The highest BCUT2D eigenvalue weighted by atomic mass is 16.5. The molecule has 7 heteroatoms. The summed E-state index contributed by atoms with van der Waals surface area (Å²) >= 11 is 0. The van der Waals surface area contributed by atoms with Crippen LogP contribution in [-0.2, 0) is 0 Å². The molecule has 3 rings (SSSR count). The Kier molecular flexibility index (Phi) is 5.03. The number of nitrogens with zero attached hydrogens (tertiary/aromatic N) is 3. The Morgan fingerprint density at radius 3 is 2.84 bits per heavy atom. The highest BCUT2D eigenvalue weighted by Crippen LogP contribution is 2.24. The molecule has 1 aromatic heterocycles. The van der Waals surface area contributed by atoms with Crippen LogP contribution in [0.15, 0.2) is 28.7 Å². The van der Waals surface area contributed by atoms with Gasteiger partial charge in [-0.25, -0.2) is 0 Å². The molecule has 134 valence electrons. The van der Waals surface area contributed by atoms with Crippen molar-refractivity contribution in [3.63, 3.8) is 0 Å². The van der Waals surface area contributed by atoms with Crippen molar-refractivity contribution in [1.82, 2.24) is 15.1 Å². The van der Waals surface area contributed by atoms with E-state index in [1.165, 1.54) is 10.5 Å². The summed E-state index contributed by atoms with van der Waals surface area (Å²) in [6.45, 7) is 6.51. The lowest BCUT2D eigenvalue weighted by atomic mass is 10.0. The molecular formula is C18H23N3O4. The predicted octanol–water partition coefficient (Wildman–Crippen LogP) is 2.16. The van der Waals surface area contributed by atoms with E-state index in [-0.39, 0.29) is 24.4 Å². The quantitative estimate of drug-likeness (QED) is 0.913. The maximum absolute atomic E-state index is 12.3. The summed E-state index contributed by atoms with van der Waals surface area (Å²) in [6.07, 6.45) is -0.591. The Labute approximate surface area is 146 Å². The van der Waals surface area contributed by atoms with Gasteiger partial charge in [-0.2, -0.15) is 0 Å². The minimum atomic E-state index is -0.774. The summed E-state index contributed by atoms with van der Waals surface area (Å²) in [4.78, 5) is 13.8. The first-order chi connectivity index (χ1) is 11.9. The van der Waals surface area contributed by atoms with Crippen LogP contribution in [0.4, 0.5) is 0 Å². The van der Waals surface area contributed by atoms with Gasteiger partial charge in [0.05, 0.1) is 6.54 Å². The van der Waals surface area contributed by atoms with Crippen molar-refractivity contribution in [3.8, 4) is 5.75 Å². The fourth-order valence-electron chi connectivity index (χ4n) is 2.87. The lowest BCUT2D eigenvalue weighted by Crippen LogP contribution is -2.51. The fraction of sp³-hybridized carbons (Fsp3) is 0.500. The minimum Gasteiger partial charge on any atom is -0.488 e. The zero-order valence-corrected chi connectivity index (χ0v) is 14.7. The number of hydrogen-bond donors (Lipinski definition) is 1. The van der Waals surface area contributed by atoms with Gasteiger partial charge in [-0.15, -0.1) is 10.2 Å². The zero-order chi connectivity index (χ0) is 18.0. The van der Waals surface area contributed by atoms with Crippen LogP contribution in [-0.4, -0.2) is 51.4 Å². The first-order valence-electron chi connectivity index (χ1n) is 8.48. The summed E-state index contributed by atoms with van der Waals surface area (Å²) in [7, 11) is 0. The van der Waals surface area contributed by atoms with Crippen molar-refractivity contribution in [2.45, 2.75) is 45.3 Å². The van der Waals surface area contributed by atoms with Crippen LogP contribution in [0.25, 0.3) is 0 Å². The average Bonchev–Trinajstić information content (AvgIpc) is 3.02. The van der Waals surface area contributed by atoms with Crippen LogP contribution in [0.5, 0.6) is 5.75 Å². The monoisotopic (exact) mass is 345 g/mol. The van der Waals surface area contributed by atoms with Gasteiger partial charge in [0, 0.05) is 19.9 Å². The fourth-order valence-corrected chi connectivity index (χ4v) is 2.87. The van der Waals surface area contributed by atoms with Crippen LogP contribution < -0.4 is 4.74 Å². The third-order valence-corrected chi connectivity index (χ3v) is 4.33. The molecule has 0 bridgehead atoms. The number of hydrogen-bond acceptors (Lipinski definition) is 6. The number of carbonyl (C=O) groups excluding carboxylic acids is 1. The van der Waals surface area contributed by atoms with Gasteiger partial charge in [0.15, 0.2) is 0 Å². The highest BCUT2D eigenvalue weighted by molar-refractivity contribution is 5.89. The molecule has 2 aromatic rings. The second kappa shape index (κ2) is 7.23. The molecule has 0 unspecified atom stereocenters. The maximum Gasteiger partial charge on any atom is 0.311 e. The molecule has 0 radical (unpaired) electrons. The molecule has 1 aliphatic rings. The number of aryl methyl sites for hydroxylation is 1. The van der Waals surface area contributed by atoms with Gasteiger partial charge in [0.1, 0.15) is 18.0 Å². The molecule has 0 saturated carbocycles. The van der Waals surface area contributed by atoms with Gasteiger partial charge in [0.2, 0.25) is 5.89 Å². The molecule has 0 aliphatic carbocycles. The van der Waals surface area contributed by atoms with Gasteiger partial charge in [-0.3, -0.25) is 4.79 Å². The molecule has 1 aliphatic heterocycles. The lowest BCUT2D eigenvalue weighted by molar-refractivity contribution is -0.0209. The topological polar surface area (TPSA) is 88.7 Å². The van der Waals surface area contributed by atoms with E-state index in [9.17, 15) is 9.90 Å². The van der Waals surface area contributed by atoms with Crippen molar-refractivity contribution in [2.24, 2.45) is 0 Å². The number of rotatable bonds is 4. The molecule has 7 nitrogen and oxygen atoms in total. The van der Waals surface area contributed by atoms with Gasteiger partial charge in [-0.1, -0.05) is 26.0 Å². The molecule has 1 fully saturated rings. The second-order valence-electron chi connectivity index (χ2n) is 6.62. The summed E-state index contributed by atoms with van der Waals surface area (Å²) in [5.74, 6) is 1.08. The number of aromatic nitrogens is 2. The van der Waals surface area contributed by atoms with E-state index >= 15 is 0 Å². The lowest BCUT2D eigenvalue weighted by Gasteiger charge is -2.35. The Hall–Kier alpha value is -2.41. The predicted molar refractivity (Wildman–Crippen MR) is 90.5 cm³/mol. The Morgan fingerprint density at radius 2 is 2.20 bits per heavy atom. The zero-order valence-electron chi connectivity index (χ0n) is 14.7. The molecular weight excluding hydrogens is 322 g/mol.